The van der Waals surface area contributed by atoms with Crippen molar-refractivity contribution in [3.63, 3.8) is 0 Å². The summed E-state index contributed by atoms with van der Waals surface area (Å²) in [7, 11) is -0.820. The van der Waals surface area contributed by atoms with Crippen molar-refractivity contribution in [3.8, 4) is 0 Å². The number of rotatable bonds is 9. The molecule has 0 aromatic heterocycles. The lowest BCUT2D eigenvalue weighted by molar-refractivity contribution is 0.130. The Bertz CT molecular complexity index is 98.9. The SMILES string of the molecule is CCC[SiH](CC)OCCCOCC. The van der Waals surface area contributed by atoms with E-state index >= 15 is 0 Å². The van der Waals surface area contributed by atoms with Crippen LogP contribution in [0.1, 0.15) is 33.6 Å². The fourth-order valence-electron chi connectivity index (χ4n) is 1.28. The lowest BCUT2D eigenvalue weighted by atomic mass is 10.5. The van der Waals surface area contributed by atoms with Gasteiger partial charge in [-0.2, -0.15) is 0 Å². The highest BCUT2D eigenvalue weighted by molar-refractivity contribution is 6.51. The van der Waals surface area contributed by atoms with Gasteiger partial charge in [-0.15, -0.1) is 0 Å². The van der Waals surface area contributed by atoms with E-state index < -0.39 is 9.04 Å². The van der Waals surface area contributed by atoms with Crippen LogP contribution in [0.25, 0.3) is 0 Å². The van der Waals surface area contributed by atoms with E-state index in [0.717, 1.165) is 26.2 Å². The molecule has 1 atom stereocenters. The molecule has 0 fully saturated rings. The van der Waals surface area contributed by atoms with Crippen LogP contribution in [0.2, 0.25) is 12.1 Å². The Kier molecular flexibility index (Phi) is 10.3. The molecule has 0 amide bonds. The topological polar surface area (TPSA) is 18.5 Å². The molecule has 80 valence electrons. The maximum atomic E-state index is 5.84. The number of hydrogen-bond acceptors (Lipinski definition) is 2. The third kappa shape index (κ3) is 8.47. The minimum atomic E-state index is -0.820. The first-order valence-electron chi connectivity index (χ1n) is 5.54. The van der Waals surface area contributed by atoms with Gasteiger partial charge in [-0.3, -0.25) is 0 Å². The van der Waals surface area contributed by atoms with Crippen LogP contribution >= 0.6 is 0 Å². The minimum absolute atomic E-state index is 0.820. The van der Waals surface area contributed by atoms with Crippen LogP contribution in [0.3, 0.4) is 0 Å². The quantitative estimate of drug-likeness (QED) is 0.424. The zero-order valence-corrected chi connectivity index (χ0v) is 10.5. The van der Waals surface area contributed by atoms with Crippen LogP contribution in [0.15, 0.2) is 0 Å². The smallest absolute Gasteiger partial charge is 0.176 e. The zero-order valence-electron chi connectivity index (χ0n) is 9.34. The van der Waals surface area contributed by atoms with Gasteiger partial charge in [0.2, 0.25) is 0 Å². The van der Waals surface area contributed by atoms with Crippen molar-refractivity contribution >= 4 is 9.04 Å². The molecule has 3 heteroatoms. The summed E-state index contributed by atoms with van der Waals surface area (Å²) in [4.78, 5) is 0. The van der Waals surface area contributed by atoms with Crippen LogP contribution in [0.5, 0.6) is 0 Å². The molecule has 0 radical (unpaired) electrons. The van der Waals surface area contributed by atoms with Crippen molar-refractivity contribution in [1.29, 1.82) is 0 Å². The van der Waals surface area contributed by atoms with E-state index in [4.69, 9.17) is 9.16 Å². The largest absolute Gasteiger partial charge is 0.420 e. The van der Waals surface area contributed by atoms with Crippen LogP contribution in [0, 0.1) is 0 Å². The first-order valence-corrected chi connectivity index (χ1v) is 7.64. The Morgan fingerprint density at radius 2 is 1.85 bits per heavy atom. The third-order valence-corrected chi connectivity index (χ3v) is 4.90. The maximum Gasteiger partial charge on any atom is 0.176 e. The molecule has 0 aliphatic rings. The molecule has 0 heterocycles. The van der Waals surface area contributed by atoms with Gasteiger partial charge in [-0.05, 0) is 25.4 Å². The van der Waals surface area contributed by atoms with Crippen molar-refractivity contribution in [3.05, 3.63) is 0 Å². The molecule has 13 heavy (non-hydrogen) atoms. The summed E-state index contributed by atoms with van der Waals surface area (Å²) in [6.45, 7) is 9.09. The second kappa shape index (κ2) is 10.2. The van der Waals surface area contributed by atoms with Crippen LogP contribution < -0.4 is 0 Å². The second-order valence-electron chi connectivity index (χ2n) is 3.24. The predicted molar refractivity (Wildman–Crippen MR) is 59.8 cm³/mol. The van der Waals surface area contributed by atoms with E-state index in [0.29, 0.717) is 0 Å². The van der Waals surface area contributed by atoms with Crippen LogP contribution in [0.4, 0.5) is 0 Å². The number of hydrogen-bond donors (Lipinski definition) is 0. The lowest BCUT2D eigenvalue weighted by Gasteiger charge is -2.13. The molecule has 0 aromatic rings. The summed E-state index contributed by atoms with van der Waals surface area (Å²) in [5.41, 5.74) is 0. The van der Waals surface area contributed by atoms with Crippen LogP contribution in [-0.4, -0.2) is 28.9 Å². The van der Waals surface area contributed by atoms with Gasteiger partial charge in [-0.1, -0.05) is 20.3 Å². The molecule has 0 saturated carbocycles. The third-order valence-electron chi connectivity index (χ3n) is 2.06. The first-order chi connectivity index (χ1) is 6.35. The van der Waals surface area contributed by atoms with Gasteiger partial charge in [0.25, 0.3) is 0 Å². The van der Waals surface area contributed by atoms with Crippen molar-refractivity contribution in [2.75, 3.05) is 19.8 Å². The van der Waals surface area contributed by atoms with Crippen molar-refractivity contribution in [2.24, 2.45) is 0 Å². The Balaban J connectivity index is 3.17. The zero-order chi connectivity index (χ0) is 9.94. The fourth-order valence-corrected chi connectivity index (χ4v) is 3.24. The van der Waals surface area contributed by atoms with Crippen LogP contribution in [-0.2, 0) is 9.16 Å². The molecule has 0 aliphatic heterocycles. The summed E-state index contributed by atoms with van der Waals surface area (Å²) in [5, 5.41) is 0. The highest BCUT2D eigenvalue weighted by atomic mass is 28.3. The average molecular weight is 204 g/mol. The summed E-state index contributed by atoms with van der Waals surface area (Å²) >= 11 is 0. The molecule has 0 rings (SSSR count). The van der Waals surface area contributed by atoms with Crippen molar-refractivity contribution < 1.29 is 9.16 Å². The Hall–Kier alpha value is 0.137. The Morgan fingerprint density at radius 1 is 1.08 bits per heavy atom. The van der Waals surface area contributed by atoms with Gasteiger partial charge in [0.1, 0.15) is 0 Å². The van der Waals surface area contributed by atoms with E-state index in [1.807, 2.05) is 6.92 Å². The fraction of sp³-hybridized carbons (Fsp3) is 1.00. The minimum Gasteiger partial charge on any atom is -0.420 e. The highest BCUT2D eigenvalue weighted by Crippen LogP contribution is 2.04. The number of ether oxygens (including phenoxy) is 1. The molecule has 2 nitrogen and oxygen atoms in total. The van der Waals surface area contributed by atoms with Gasteiger partial charge in [0, 0.05) is 19.8 Å². The highest BCUT2D eigenvalue weighted by Gasteiger charge is 2.06. The summed E-state index contributed by atoms with van der Waals surface area (Å²) < 4.78 is 11.1. The Labute approximate surface area is 84.4 Å². The summed E-state index contributed by atoms with van der Waals surface area (Å²) in [5.74, 6) is 0. The van der Waals surface area contributed by atoms with Gasteiger partial charge < -0.3 is 9.16 Å². The molecule has 1 unspecified atom stereocenters. The first kappa shape index (κ1) is 13.1. The molecule has 0 aliphatic carbocycles. The van der Waals surface area contributed by atoms with Gasteiger partial charge >= 0.3 is 0 Å². The normalized spacial score (nSPS) is 13.2. The molecule has 0 N–H and O–H groups in total. The summed E-state index contributed by atoms with van der Waals surface area (Å²) in [6.07, 6.45) is 2.33. The summed E-state index contributed by atoms with van der Waals surface area (Å²) in [6, 6.07) is 2.59. The van der Waals surface area contributed by atoms with E-state index in [1.54, 1.807) is 0 Å². The van der Waals surface area contributed by atoms with Gasteiger partial charge in [0.15, 0.2) is 9.04 Å². The predicted octanol–water partition coefficient (Wildman–Crippen LogP) is 2.58. The molecular formula is C10H24O2Si. The van der Waals surface area contributed by atoms with E-state index in [-0.39, 0.29) is 0 Å². The lowest BCUT2D eigenvalue weighted by Crippen LogP contribution is -2.17. The van der Waals surface area contributed by atoms with Gasteiger partial charge in [0.05, 0.1) is 0 Å². The Morgan fingerprint density at radius 3 is 2.38 bits per heavy atom. The standard InChI is InChI=1S/C10H24O2Si/c1-4-10-13(6-3)12-9-7-8-11-5-2/h13H,4-10H2,1-3H3. The monoisotopic (exact) mass is 204 g/mol. The van der Waals surface area contributed by atoms with E-state index in [2.05, 4.69) is 13.8 Å². The van der Waals surface area contributed by atoms with Gasteiger partial charge in [-0.25, -0.2) is 0 Å². The van der Waals surface area contributed by atoms with Crippen molar-refractivity contribution in [2.45, 2.75) is 45.7 Å². The van der Waals surface area contributed by atoms with Crippen molar-refractivity contribution in [1.82, 2.24) is 0 Å². The van der Waals surface area contributed by atoms with E-state index in [1.165, 1.54) is 18.5 Å². The second-order valence-corrected chi connectivity index (χ2v) is 6.21. The molecule has 0 bridgehead atoms. The average Bonchev–Trinajstić information content (AvgIpc) is 2.16. The molecular weight excluding hydrogens is 180 g/mol. The molecule has 0 saturated heterocycles. The molecule has 0 spiro atoms. The maximum absolute atomic E-state index is 5.84. The molecule has 0 aromatic carbocycles. The van der Waals surface area contributed by atoms with E-state index in [9.17, 15) is 0 Å².